The molecule has 4 nitrogen and oxygen atoms in total. The van der Waals surface area contributed by atoms with E-state index >= 15 is 0 Å². The van der Waals surface area contributed by atoms with Crippen LogP contribution in [0.25, 0.3) is 0 Å². The van der Waals surface area contributed by atoms with Crippen molar-refractivity contribution in [2.45, 2.75) is 26.2 Å². The molecule has 0 aromatic heterocycles. The molecule has 0 aliphatic heterocycles. The molecule has 0 bridgehead atoms. The quantitative estimate of drug-likeness (QED) is 0.557. The summed E-state index contributed by atoms with van der Waals surface area (Å²) in [6, 6.07) is 15.0. The third-order valence-corrected chi connectivity index (χ3v) is 5.08. The van der Waals surface area contributed by atoms with Crippen LogP contribution in [-0.2, 0) is 9.59 Å². The molecule has 1 atom stereocenters. The first-order chi connectivity index (χ1) is 12.0. The molecule has 132 valence electrons. The van der Waals surface area contributed by atoms with Crippen LogP contribution in [0.15, 0.2) is 57.5 Å². The standard InChI is InChI=1S/C19H20Br2N2O2/c1-13(12-19(25)23-17-9-5-3-7-15(17)21)10-11-18(24)22-16-8-4-2-6-14(16)20/h2-9,13H,10-12H2,1H3,(H,22,24)(H,23,25). The first kappa shape index (κ1) is 19.7. The average Bonchev–Trinajstić information content (AvgIpc) is 2.57. The number of benzene rings is 2. The summed E-state index contributed by atoms with van der Waals surface area (Å²) in [5.41, 5.74) is 1.51. The third kappa shape index (κ3) is 6.63. The van der Waals surface area contributed by atoms with Gasteiger partial charge in [-0.1, -0.05) is 31.2 Å². The van der Waals surface area contributed by atoms with Crippen LogP contribution in [0.4, 0.5) is 11.4 Å². The Hall–Kier alpha value is -1.66. The van der Waals surface area contributed by atoms with Crippen LogP contribution in [0.2, 0.25) is 0 Å². The number of anilines is 2. The predicted molar refractivity (Wildman–Crippen MR) is 109 cm³/mol. The van der Waals surface area contributed by atoms with Gasteiger partial charge in [0, 0.05) is 21.8 Å². The highest BCUT2D eigenvalue weighted by Crippen LogP contribution is 2.23. The molecule has 0 heterocycles. The lowest BCUT2D eigenvalue weighted by Gasteiger charge is -2.13. The van der Waals surface area contributed by atoms with Crippen LogP contribution < -0.4 is 10.6 Å². The summed E-state index contributed by atoms with van der Waals surface area (Å²) in [4.78, 5) is 24.2. The lowest BCUT2D eigenvalue weighted by Crippen LogP contribution is -2.17. The zero-order valence-corrected chi connectivity index (χ0v) is 17.1. The van der Waals surface area contributed by atoms with Crippen molar-refractivity contribution in [3.63, 3.8) is 0 Å². The Kier molecular flexibility index (Phi) is 7.65. The van der Waals surface area contributed by atoms with Crippen molar-refractivity contribution in [1.82, 2.24) is 0 Å². The fourth-order valence-electron chi connectivity index (χ4n) is 2.34. The molecule has 1 unspecified atom stereocenters. The molecule has 2 rings (SSSR count). The molecular formula is C19H20Br2N2O2. The van der Waals surface area contributed by atoms with Crippen LogP contribution >= 0.6 is 31.9 Å². The number of carbonyl (C=O) groups excluding carboxylic acids is 2. The highest BCUT2D eigenvalue weighted by Gasteiger charge is 2.13. The van der Waals surface area contributed by atoms with E-state index in [1.807, 2.05) is 55.5 Å². The maximum atomic E-state index is 12.1. The van der Waals surface area contributed by atoms with Crippen LogP contribution in [0.5, 0.6) is 0 Å². The number of para-hydroxylation sites is 2. The van der Waals surface area contributed by atoms with Crippen LogP contribution in [-0.4, -0.2) is 11.8 Å². The van der Waals surface area contributed by atoms with Gasteiger partial charge in [-0.25, -0.2) is 0 Å². The molecule has 2 N–H and O–H groups in total. The second-order valence-electron chi connectivity index (χ2n) is 5.90. The summed E-state index contributed by atoms with van der Waals surface area (Å²) in [6.45, 7) is 1.98. The van der Waals surface area contributed by atoms with Crippen molar-refractivity contribution >= 4 is 55.0 Å². The summed E-state index contributed by atoms with van der Waals surface area (Å²) in [5.74, 6) is 0.0167. The number of hydrogen-bond donors (Lipinski definition) is 2. The minimum absolute atomic E-state index is 0.0504. The topological polar surface area (TPSA) is 58.2 Å². The normalized spacial score (nSPS) is 11.6. The Labute approximate surface area is 164 Å². The number of amides is 2. The average molecular weight is 468 g/mol. The highest BCUT2D eigenvalue weighted by atomic mass is 79.9. The van der Waals surface area contributed by atoms with Gasteiger partial charge in [-0.2, -0.15) is 0 Å². The summed E-state index contributed by atoms with van der Waals surface area (Å²) in [5, 5.41) is 5.76. The van der Waals surface area contributed by atoms with Gasteiger partial charge in [-0.05, 0) is 68.5 Å². The van der Waals surface area contributed by atoms with Crippen molar-refractivity contribution in [2.24, 2.45) is 5.92 Å². The summed E-state index contributed by atoms with van der Waals surface area (Å²) in [6.07, 6.45) is 1.41. The Morgan fingerprint density at radius 3 is 1.88 bits per heavy atom. The number of rotatable bonds is 7. The first-order valence-corrected chi connectivity index (χ1v) is 9.63. The van der Waals surface area contributed by atoms with Crippen molar-refractivity contribution < 1.29 is 9.59 Å². The molecule has 0 aliphatic carbocycles. The van der Waals surface area contributed by atoms with E-state index in [0.717, 1.165) is 20.3 Å². The molecule has 0 saturated carbocycles. The molecule has 0 aliphatic rings. The van der Waals surface area contributed by atoms with Crippen LogP contribution in [0.1, 0.15) is 26.2 Å². The molecule has 0 saturated heterocycles. The zero-order valence-electron chi connectivity index (χ0n) is 13.9. The van der Waals surface area contributed by atoms with E-state index in [-0.39, 0.29) is 17.7 Å². The minimum Gasteiger partial charge on any atom is -0.325 e. The van der Waals surface area contributed by atoms with Gasteiger partial charge >= 0.3 is 0 Å². The lowest BCUT2D eigenvalue weighted by atomic mass is 10.0. The van der Waals surface area contributed by atoms with Crippen molar-refractivity contribution in [3.05, 3.63) is 57.5 Å². The molecule has 0 fully saturated rings. The Morgan fingerprint density at radius 1 is 0.880 bits per heavy atom. The summed E-state index contributed by atoms with van der Waals surface area (Å²) in [7, 11) is 0. The van der Waals surface area contributed by atoms with E-state index in [1.165, 1.54) is 0 Å². The Morgan fingerprint density at radius 2 is 1.36 bits per heavy atom. The van der Waals surface area contributed by atoms with E-state index in [2.05, 4.69) is 42.5 Å². The van der Waals surface area contributed by atoms with Crippen LogP contribution in [0.3, 0.4) is 0 Å². The van der Waals surface area contributed by atoms with Crippen LogP contribution in [0, 0.1) is 5.92 Å². The zero-order chi connectivity index (χ0) is 18.2. The van der Waals surface area contributed by atoms with E-state index in [1.54, 1.807) is 0 Å². The molecule has 6 heteroatoms. The number of hydrogen-bond acceptors (Lipinski definition) is 2. The van der Waals surface area contributed by atoms with E-state index in [0.29, 0.717) is 19.3 Å². The minimum atomic E-state index is -0.0510. The monoisotopic (exact) mass is 466 g/mol. The maximum absolute atomic E-state index is 12.1. The van der Waals surface area contributed by atoms with E-state index < -0.39 is 0 Å². The second kappa shape index (κ2) is 9.73. The van der Waals surface area contributed by atoms with Crippen molar-refractivity contribution in [1.29, 1.82) is 0 Å². The highest BCUT2D eigenvalue weighted by molar-refractivity contribution is 9.11. The molecule has 0 radical (unpaired) electrons. The molecule has 0 spiro atoms. The van der Waals surface area contributed by atoms with Gasteiger partial charge in [-0.3, -0.25) is 9.59 Å². The lowest BCUT2D eigenvalue weighted by molar-refractivity contribution is -0.118. The largest absolute Gasteiger partial charge is 0.325 e. The van der Waals surface area contributed by atoms with E-state index in [9.17, 15) is 9.59 Å². The first-order valence-electron chi connectivity index (χ1n) is 8.04. The van der Waals surface area contributed by atoms with Gasteiger partial charge in [0.1, 0.15) is 0 Å². The van der Waals surface area contributed by atoms with Gasteiger partial charge < -0.3 is 10.6 Å². The SMILES string of the molecule is CC(CCC(=O)Nc1ccccc1Br)CC(=O)Nc1ccccc1Br. The molecule has 25 heavy (non-hydrogen) atoms. The maximum Gasteiger partial charge on any atom is 0.224 e. The van der Waals surface area contributed by atoms with Gasteiger partial charge in [0.15, 0.2) is 0 Å². The van der Waals surface area contributed by atoms with Gasteiger partial charge in [-0.15, -0.1) is 0 Å². The van der Waals surface area contributed by atoms with Crippen molar-refractivity contribution in [2.75, 3.05) is 10.6 Å². The Balaban J connectivity index is 1.75. The predicted octanol–water partition coefficient (Wildman–Crippen LogP) is 5.60. The van der Waals surface area contributed by atoms with Gasteiger partial charge in [0.2, 0.25) is 11.8 Å². The number of carbonyl (C=O) groups is 2. The molecule has 2 amide bonds. The molecule has 2 aromatic rings. The summed E-state index contributed by atoms with van der Waals surface area (Å²) >= 11 is 6.81. The third-order valence-electron chi connectivity index (χ3n) is 3.69. The number of halogens is 2. The van der Waals surface area contributed by atoms with Gasteiger partial charge in [0.05, 0.1) is 11.4 Å². The van der Waals surface area contributed by atoms with E-state index in [4.69, 9.17) is 0 Å². The summed E-state index contributed by atoms with van der Waals surface area (Å²) < 4.78 is 1.70. The fourth-order valence-corrected chi connectivity index (χ4v) is 3.10. The molecular weight excluding hydrogens is 448 g/mol. The fraction of sp³-hybridized carbons (Fsp3) is 0.263. The second-order valence-corrected chi connectivity index (χ2v) is 7.61. The number of nitrogens with one attached hydrogen (secondary N) is 2. The van der Waals surface area contributed by atoms with Crippen molar-refractivity contribution in [3.8, 4) is 0 Å². The molecule has 2 aromatic carbocycles. The van der Waals surface area contributed by atoms with Gasteiger partial charge in [0.25, 0.3) is 0 Å². The Bertz CT molecular complexity index is 750. The smallest absolute Gasteiger partial charge is 0.224 e.